The van der Waals surface area contributed by atoms with Gasteiger partial charge < -0.3 is 31.5 Å². The Morgan fingerprint density at radius 2 is 1.47 bits per heavy atom. The summed E-state index contributed by atoms with van der Waals surface area (Å²) < 4.78 is 34.1. The summed E-state index contributed by atoms with van der Waals surface area (Å²) in [5.41, 5.74) is 11.0. The van der Waals surface area contributed by atoms with E-state index in [1.54, 1.807) is 0 Å². The van der Waals surface area contributed by atoms with Crippen molar-refractivity contribution in [3.05, 3.63) is 0 Å². The van der Waals surface area contributed by atoms with Gasteiger partial charge in [0.2, 0.25) is 0 Å². The van der Waals surface area contributed by atoms with Crippen LogP contribution in [-0.2, 0) is 31.5 Å². The normalized spacial score (nSPS) is 27.7. The summed E-state index contributed by atoms with van der Waals surface area (Å²) in [6.07, 6.45) is 1.11. The molecule has 0 spiro atoms. The first-order valence-corrected chi connectivity index (χ1v) is 4.73. The van der Waals surface area contributed by atoms with Gasteiger partial charge in [-0.25, -0.2) is 0 Å². The molecule has 0 aromatic carbocycles. The third-order valence-corrected chi connectivity index (χ3v) is 1.80. The molecule has 1 aliphatic carbocycles. The molecule has 8 nitrogen and oxygen atoms in total. The van der Waals surface area contributed by atoms with Crippen LogP contribution in [0.3, 0.4) is 0 Å². The number of nitrogens with two attached hydrogens (primary N) is 2. The summed E-state index contributed by atoms with van der Waals surface area (Å²) >= 11 is 0. The first kappa shape index (κ1) is 24.6. The van der Waals surface area contributed by atoms with Gasteiger partial charge in [-0.3, -0.25) is 8.42 Å². The minimum absolute atomic E-state index is 0. The Kier molecular flexibility index (Phi) is 15.7. The van der Waals surface area contributed by atoms with E-state index in [1.165, 1.54) is 0 Å². The smallest absolute Gasteiger partial charge is 0.759 e. The largest absolute Gasteiger partial charge is 2.00 e. The van der Waals surface area contributed by atoms with Crippen LogP contribution in [0.5, 0.6) is 0 Å². The molecule has 0 bridgehead atoms. The molecule has 0 radical (unpaired) electrons. The van der Waals surface area contributed by atoms with Crippen LogP contribution in [-0.4, -0.2) is 40.6 Å². The van der Waals surface area contributed by atoms with Crippen molar-refractivity contribution >= 4 is 10.4 Å². The Morgan fingerprint density at radius 1 is 1.20 bits per heavy atom. The molecule has 0 aromatic heterocycles. The van der Waals surface area contributed by atoms with Gasteiger partial charge in [0.25, 0.3) is 0 Å². The fraction of sp³-hybridized carbons (Fsp3) is 1.00. The Morgan fingerprint density at radius 3 is 1.47 bits per heavy atom. The molecule has 15 heavy (non-hydrogen) atoms. The van der Waals surface area contributed by atoms with Gasteiger partial charge in [0, 0.05) is 22.5 Å². The van der Waals surface area contributed by atoms with Crippen LogP contribution >= 0.6 is 0 Å². The maximum absolute atomic E-state index is 8.52. The predicted octanol–water partition coefficient (Wildman–Crippen LogP) is -3.31. The number of hydrogen-bond acceptors (Lipinski definition) is 6. The third kappa shape index (κ3) is 14.4. The molecular weight excluding hydrogens is 411 g/mol. The van der Waals surface area contributed by atoms with Gasteiger partial charge in [-0.2, -0.15) is 0 Å². The van der Waals surface area contributed by atoms with Gasteiger partial charge in [-0.15, -0.1) is 0 Å². The van der Waals surface area contributed by atoms with Crippen molar-refractivity contribution in [2.24, 2.45) is 17.4 Å². The van der Waals surface area contributed by atoms with E-state index >= 15 is 0 Å². The van der Waals surface area contributed by atoms with E-state index < -0.39 is 10.4 Å². The average molecular weight is 427 g/mol. The van der Waals surface area contributed by atoms with Gasteiger partial charge in [-0.05, 0) is 12.3 Å². The van der Waals surface area contributed by atoms with Gasteiger partial charge in [0.05, 0.1) is 0 Å². The predicted molar refractivity (Wildman–Crippen MR) is 47.4 cm³/mol. The van der Waals surface area contributed by atoms with Crippen molar-refractivity contribution in [3.8, 4) is 0 Å². The molecule has 3 atom stereocenters. The first-order chi connectivity index (χ1) is 5.22. The summed E-state index contributed by atoms with van der Waals surface area (Å²) in [4.78, 5) is 0. The van der Waals surface area contributed by atoms with E-state index in [1.807, 2.05) is 0 Å². The summed E-state index contributed by atoms with van der Waals surface area (Å²) in [5.74, 6) is 0.662. The summed E-state index contributed by atoms with van der Waals surface area (Å²) in [5, 5.41) is 0. The Balaban J connectivity index is -0.0000000701. The molecule has 8 N–H and O–H groups in total. The van der Waals surface area contributed by atoms with E-state index in [4.69, 9.17) is 29.0 Å². The Bertz CT molecular complexity index is 220. The van der Waals surface area contributed by atoms with Crippen LogP contribution < -0.4 is 11.5 Å². The second-order valence-corrected chi connectivity index (χ2v) is 3.68. The summed E-state index contributed by atoms with van der Waals surface area (Å²) in [6.45, 7) is 2.13. The van der Waals surface area contributed by atoms with Crippen molar-refractivity contribution in [1.29, 1.82) is 0 Å². The molecule has 1 aliphatic rings. The molecule has 98 valence electrons. The molecule has 0 amide bonds. The first-order valence-electron chi connectivity index (χ1n) is 3.39. The van der Waals surface area contributed by atoms with E-state index in [-0.39, 0.29) is 44.1 Å². The molecule has 10 heteroatoms. The van der Waals surface area contributed by atoms with E-state index in [2.05, 4.69) is 6.92 Å². The SMILES string of the molecule is CC1CC(N)C1N.O.O.O=S(=O)([O-])[O-].[Pt+2]. The van der Waals surface area contributed by atoms with Crippen molar-refractivity contribution < 1.29 is 49.5 Å². The number of rotatable bonds is 0. The molecule has 0 heterocycles. The second kappa shape index (κ2) is 9.61. The van der Waals surface area contributed by atoms with Gasteiger partial charge in [0.15, 0.2) is 0 Å². The van der Waals surface area contributed by atoms with Gasteiger partial charge in [0.1, 0.15) is 0 Å². The molecule has 0 aromatic rings. The van der Waals surface area contributed by atoms with Crippen LogP contribution in [0.4, 0.5) is 0 Å². The van der Waals surface area contributed by atoms with E-state index in [9.17, 15) is 0 Å². The van der Waals surface area contributed by atoms with Crippen molar-refractivity contribution in [3.63, 3.8) is 0 Å². The summed E-state index contributed by atoms with van der Waals surface area (Å²) in [6, 6.07) is 0.565. The quantitative estimate of drug-likeness (QED) is 0.300. The minimum atomic E-state index is -5.17. The molecule has 1 rings (SSSR count). The summed E-state index contributed by atoms with van der Waals surface area (Å²) in [7, 11) is -5.17. The van der Waals surface area contributed by atoms with E-state index in [0.717, 1.165) is 6.42 Å². The van der Waals surface area contributed by atoms with Crippen molar-refractivity contribution in [1.82, 2.24) is 0 Å². The van der Waals surface area contributed by atoms with Gasteiger partial charge >= 0.3 is 21.1 Å². The fourth-order valence-corrected chi connectivity index (χ4v) is 0.970. The zero-order valence-corrected chi connectivity index (χ0v) is 11.0. The van der Waals surface area contributed by atoms with E-state index in [0.29, 0.717) is 5.92 Å². The molecule has 3 unspecified atom stereocenters. The van der Waals surface area contributed by atoms with Crippen molar-refractivity contribution in [2.75, 3.05) is 0 Å². The van der Waals surface area contributed by atoms with Crippen LogP contribution in [0.1, 0.15) is 13.3 Å². The topological polar surface area (TPSA) is 195 Å². The average Bonchev–Trinajstić information content (AvgIpc) is 1.84. The van der Waals surface area contributed by atoms with Gasteiger partial charge in [-0.1, -0.05) is 6.92 Å². The standard InChI is InChI=1S/C5H12N2.H2O4S.2H2O.Pt/c1-3-2-4(6)5(3)7;1-5(2,3)4;;;/h3-5H,2,6-7H2,1H3;(H2,1,2,3,4);2*1H2;/q;;;;+2/p-2. The van der Waals surface area contributed by atoms with Crippen LogP contribution in [0.25, 0.3) is 0 Å². The Hall–Kier alpha value is 0.398. The van der Waals surface area contributed by atoms with Crippen LogP contribution in [0.2, 0.25) is 0 Å². The molecule has 1 fully saturated rings. The molecular formula is C5H16N2O6PtS. The zero-order chi connectivity index (χ0) is 9.94. The minimum Gasteiger partial charge on any atom is -0.759 e. The Labute approximate surface area is 103 Å². The second-order valence-electron chi connectivity index (χ2n) is 2.86. The fourth-order valence-electron chi connectivity index (χ4n) is 0.970. The van der Waals surface area contributed by atoms with Crippen molar-refractivity contribution in [2.45, 2.75) is 25.4 Å². The van der Waals surface area contributed by atoms with Crippen LogP contribution in [0, 0.1) is 5.92 Å². The number of hydrogen-bond donors (Lipinski definition) is 2. The molecule has 0 aliphatic heterocycles. The maximum Gasteiger partial charge on any atom is 2.00 e. The molecule has 1 saturated carbocycles. The molecule has 0 saturated heterocycles. The third-order valence-electron chi connectivity index (χ3n) is 1.80. The monoisotopic (exact) mass is 427 g/mol. The van der Waals surface area contributed by atoms with Crippen LogP contribution in [0.15, 0.2) is 0 Å². The zero-order valence-electron chi connectivity index (χ0n) is 7.95. The maximum atomic E-state index is 8.52.